The maximum atomic E-state index is 14.6. The number of carbonyl (C=O) groups is 1. The number of hydrogen-bond acceptors (Lipinski definition) is 4. The average molecular weight is 342 g/mol. The number of halogens is 2. The minimum Gasteiger partial charge on any atom is -0.463 e. The first-order chi connectivity index (χ1) is 10.9. The highest BCUT2D eigenvalue weighted by Crippen LogP contribution is 2.51. The molecule has 0 amide bonds. The molecule has 1 aromatic carbocycles. The lowest BCUT2D eigenvalue weighted by Crippen LogP contribution is -2.10. The SMILES string of the molecule is CCCCOC(=O)C=C(c1ccc(Cl)c([N+](=O)[O-])c1)C1(F)CC1. The molecule has 0 heterocycles. The van der Waals surface area contributed by atoms with Gasteiger partial charge in [-0.1, -0.05) is 31.0 Å². The third kappa shape index (κ3) is 4.28. The second-order valence-corrected chi connectivity index (χ2v) is 5.87. The molecule has 2 rings (SSSR count). The van der Waals surface area contributed by atoms with E-state index in [9.17, 15) is 19.3 Å². The summed E-state index contributed by atoms with van der Waals surface area (Å²) in [6.45, 7) is 2.22. The molecule has 0 radical (unpaired) electrons. The molecule has 0 N–H and O–H groups in total. The lowest BCUT2D eigenvalue weighted by Gasteiger charge is -2.12. The lowest BCUT2D eigenvalue weighted by molar-refractivity contribution is -0.384. The molecule has 1 fully saturated rings. The average Bonchev–Trinajstić information content (AvgIpc) is 3.24. The van der Waals surface area contributed by atoms with Crippen LogP contribution in [0.1, 0.15) is 38.2 Å². The maximum absolute atomic E-state index is 14.6. The zero-order valence-corrected chi connectivity index (χ0v) is 13.4. The quantitative estimate of drug-likeness (QED) is 0.241. The van der Waals surface area contributed by atoms with Gasteiger partial charge in [0.25, 0.3) is 5.69 Å². The molecule has 124 valence electrons. The molecule has 0 atom stereocenters. The molecular weight excluding hydrogens is 325 g/mol. The van der Waals surface area contributed by atoms with Crippen LogP contribution in [0.5, 0.6) is 0 Å². The molecule has 1 aliphatic rings. The van der Waals surface area contributed by atoms with Gasteiger partial charge in [-0.2, -0.15) is 0 Å². The van der Waals surface area contributed by atoms with Crippen LogP contribution in [0.25, 0.3) is 5.57 Å². The number of allylic oxidation sites excluding steroid dienone is 1. The second kappa shape index (κ2) is 7.08. The molecule has 1 aliphatic carbocycles. The highest BCUT2D eigenvalue weighted by atomic mass is 35.5. The van der Waals surface area contributed by atoms with Crippen molar-refractivity contribution in [2.75, 3.05) is 6.61 Å². The predicted octanol–water partition coefficient (Wildman–Crippen LogP) is 4.48. The second-order valence-electron chi connectivity index (χ2n) is 5.47. The van der Waals surface area contributed by atoms with Gasteiger partial charge in [0.15, 0.2) is 0 Å². The van der Waals surface area contributed by atoms with Gasteiger partial charge < -0.3 is 4.74 Å². The van der Waals surface area contributed by atoms with Crippen molar-refractivity contribution in [1.29, 1.82) is 0 Å². The van der Waals surface area contributed by atoms with Crippen LogP contribution in [0, 0.1) is 10.1 Å². The molecule has 0 spiro atoms. The molecule has 23 heavy (non-hydrogen) atoms. The van der Waals surface area contributed by atoms with Crippen molar-refractivity contribution < 1.29 is 18.8 Å². The van der Waals surface area contributed by atoms with Crippen molar-refractivity contribution in [3.63, 3.8) is 0 Å². The Morgan fingerprint density at radius 3 is 2.78 bits per heavy atom. The first-order valence-corrected chi connectivity index (χ1v) is 7.77. The fourth-order valence-electron chi connectivity index (χ4n) is 2.15. The standard InChI is InChI=1S/C16H17ClFNO4/c1-2-3-8-23-15(20)10-12(16(18)6-7-16)11-4-5-13(17)14(9-11)19(21)22/h4-5,9-10H,2-3,6-8H2,1H3. The highest BCUT2D eigenvalue weighted by molar-refractivity contribution is 6.32. The minimum atomic E-state index is -1.63. The number of nitro benzene ring substituents is 1. The van der Waals surface area contributed by atoms with Crippen LogP contribution >= 0.6 is 11.6 Å². The van der Waals surface area contributed by atoms with Gasteiger partial charge in [-0.25, -0.2) is 9.18 Å². The number of rotatable bonds is 7. The van der Waals surface area contributed by atoms with Crippen molar-refractivity contribution in [2.24, 2.45) is 0 Å². The van der Waals surface area contributed by atoms with Crippen molar-refractivity contribution in [2.45, 2.75) is 38.3 Å². The summed E-state index contributed by atoms with van der Waals surface area (Å²) < 4.78 is 19.6. The van der Waals surface area contributed by atoms with E-state index < -0.39 is 16.6 Å². The Balaban J connectivity index is 2.31. The first kappa shape index (κ1) is 17.4. The predicted molar refractivity (Wildman–Crippen MR) is 85.0 cm³/mol. The van der Waals surface area contributed by atoms with Gasteiger partial charge in [-0.05, 0) is 30.9 Å². The summed E-state index contributed by atoms with van der Waals surface area (Å²) in [5, 5.41) is 10.9. The summed E-state index contributed by atoms with van der Waals surface area (Å²) in [5.74, 6) is -0.644. The summed E-state index contributed by atoms with van der Waals surface area (Å²) in [5.41, 5.74) is -1.57. The Kier molecular flexibility index (Phi) is 5.36. The van der Waals surface area contributed by atoms with Crippen molar-refractivity contribution in [1.82, 2.24) is 0 Å². The number of nitro groups is 1. The number of alkyl halides is 1. The van der Waals surface area contributed by atoms with Crippen LogP contribution in [0.2, 0.25) is 5.02 Å². The van der Waals surface area contributed by atoms with Crippen molar-refractivity contribution >= 4 is 28.8 Å². The van der Waals surface area contributed by atoms with E-state index >= 15 is 0 Å². The largest absolute Gasteiger partial charge is 0.463 e. The number of nitrogens with zero attached hydrogens (tertiary/aromatic N) is 1. The Labute approximate surface area is 138 Å². The summed E-state index contributed by atoms with van der Waals surface area (Å²) in [6, 6.07) is 3.99. The van der Waals surface area contributed by atoms with Gasteiger partial charge in [-0.15, -0.1) is 0 Å². The maximum Gasteiger partial charge on any atom is 0.331 e. The van der Waals surface area contributed by atoms with E-state index in [1.807, 2.05) is 6.92 Å². The third-order valence-electron chi connectivity index (χ3n) is 3.63. The third-order valence-corrected chi connectivity index (χ3v) is 3.95. The Hall–Kier alpha value is -1.95. The summed E-state index contributed by atoms with van der Waals surface area (Å²) in [7, 11) is 0. The van der Waals surface area contributed by atoms with Gasteiger partial charge in [-0.3, -0.25) is 10.1 Å². The summed E-state index contributed by atoms with van der Waals surface area (Å²) in [4.78, 5) is 22.2. The smallest absolute Gasteiger partial charge is 0.331 e. The number of carbonyl (C=O) groups excluding carboxylic acids is 1. The number of ether oxygens (including phenoxy) is 1. The van der Waals surface area contributed by atoms with Crippen LogP contribution in [0.3, 0.4) is 0 Å². The van der Waals surface area contributed by atoms with Gasteiger partial charge in [0.2, 0.25) is 0 Å². The molecule has 5 nitrogen and oxygen atoms in total. The molecule has 1 aromatic rings. The number of benzene rings is 1. The van der Waals surface area contributed by atoms with Crippen LogP contribution in [0.15, 0.2) is 24.3 Å². The van der Waals surface area contributed by atoms with Crippen LogP contribution in [-0.2, 0) is 9.53 Å². The van der Waals surface area contributed by atoms with E-state index in [4.69, 9.17) is 16.3 Å². The number of esters is 1. The topological polar surface area (TPSA) is 69.4 Å². The molecule has 0 aliphatic heterocycles. The molecule has 0 bridgehead atoms. The van der Waals surface area contributed by atoms with E-state index in [0.29, 0.717) is 0 Å². The highest BCUT2D eigenvalue weighted by Gasteiger charge is 2.48. The summed E-state index contributed by atoms with van der Waals surface area (Å²) >= 11 is 5.77. The van der Waals surface area contributed by atoms with Crippen molar-refractivity contribution in [3.05, 3.63) is 45.0 Å². The van der Waals surface area contributed by atoms with Gasteiger partial charge in [0.1, 0.15) is 10.7 Å². The molecule has 0 aromatic heterocycles. The normalized spacial score (nSPS) is 16.0. The van der Waals surface area contributed by atoms with Gasteiger partial charge >= 0.3 is 5.97 Å². The number of hydrogen-bond donors (Lipinski definition) is 0. The summed E-state index contributed by atoms with van der Waals surface area (Å²) in [6.07, 6.45) is 3.24. The van der Waals surface area contributed by atoms with Gasteiger partial charge in [0, 0.05) is 17.7 Å². The molecule has 1 saturated carbocycles. The molecule has 0 unspecified atom stereocenters. The Morgan fingerprint density at radius 2 is 2.22 bits per heavy atom. The van der Waals surface area contributed by atoms with Crippen molar-refractivity contribution in [3.8, 4) is 0 Å². The monoisotopic (exact) mass is 341 g/mol. The molecule has 0 saturated heterocycles. The Morgan fingerprint density at radius 1 is 1.52 bits per heavy atom. The fraction of sp³-hybridized carbons (Fsp3) is 0.438. The lowest BCUT2D eigenvalue weighted by atomic mass is 9.98. The van der Waals surface area contributed by atoms with E-state index in [0.717, 1.165) is 18.9 Å². The van der Waals surface area contributed by atoms with E-state index in [2.05, 4.69) is 0 Å². The number of unbranched alkanes of at least 4 members (excludes halogenated alkanes) is 1. The molecular formula is C16H17ClFNO4. The van der Waals surface area contributed by atoms with E-state index in [-0.39, 0.29) is 41.3 Å². The van der Waals surface area contributed by atoms with Crippen LogP contribution < -0.4 is 0 Å². The first-order valence-electron chi connectivity index (χ1n) is 7.39. The minimum absolute atomic E-state index is 0.0349. The zero-order chi connectivity index (χ0) is 17.0. The van der Waals surface area contributed by atoms with Gasteiger partial charge in [0.05, 0.1) is 11.5 Å². The van der Waals surface area contributed by atoms with E-state index in [1.54, 1.807) is 0 Å². The zero-order valence-electron chi connectivity index (χ0n) is 12.7. The molecule has 7 heteroatoms. The van der Waals surface area contributed by atoms with Crippen LogP contribution in [0.4, 0.5) is 10.1 Å². The van der Waals surface area contributed by atoms with Crippen LogP contribution in [-0.4, -0.2) is 23.2 Å². The van der Waals surface area contributed by atoms with E-state index in [1.165, 1.54) is 18.2 Å². The fourth-order valence-corrected chi connectivity index (χ4v) is 2.33. The Bertz CT molecular complexity index is 655.